The van der Waals surface area contributed by atoms with Crippen LogP contribution in [0.5, 0.6) is 0 Å². The van der Waals surface area contributed by atoms with E-state index in [-0.39, 0.29) is 6.10 Å². The van der Waals surface area contributed by atoms with Crippen LogP contribution in [0.15, 0.2) is 173 Å². The Kier molecular flexibility index (Phi) is 13.0. The molecule has 0 bridgehead atoms. The van der Waals surface area contributed by atoms with E-state index in [0.29, 0.717) is 0 Å². The molecule has 1 unspecified atom stereocenters. The molecule has 4 aromatic carbocycles. The molecule has 0 saturated heterocycles. The van der Waals surface area contributed by atoms with E-state index in [0.717, 1.165) is 59.7 Å². The van der Waals surface area contributed by atoms with Crippen LogP contribution < -0.4 is 0 Å². The van der Waals surface area contributed by atoms with Crippen molar-refractivity contribution in [1.82, 2.24) is 0 Å². The molecular formula is C49H51O2+. The van der Waals surface area contributed by atoms with Crippen LogP contribution in [0.3, 0.4) is 0 Å². The van der Waals surface area contributed by atoms with E-state index >= 15 is 0 Å². The van der Waals surface area contributed by atoms with Crippen LogP contribution in [0.4, 0.5) is 0 Å². The molecule has 0 saturated carbocycles. The third-order valence-electron chi connectivity index (χ3n) is 9.60. The number of ether oxygens (including phenoxy) is 1. The molecule has 2 heterocycles. The Bertz CT molecular complexity index is 1880. The highest BCUT2D eigenvalue weighted by Crippen LogP contribution is 2.39. The van der Waals surface area contributed by atoms with E-state index < -0.39 is 0 Å². The standard InChI is InChI=1S/C49H51O2/c1-3-5-11-22-38(44-34-46(40-24-13-7-14-25-40)50-47(35-44)41-26-15-8-16-27-41)32-21-33-39(23-12-6-4-2)45-36-48(42-28-17-9-18-29-42)51-49(37-45)43-30-19-10-20-31-43/h7-10,13-21,24-36,49H,3-6,11-12,22-23,37H2,1-2H3/q+1. The molecule has 5 aromatic rings. The van der Waals surface area contributed by atoms with Crippen LogP contribution in [0.1, 0.15) is 94.4 Å². The van der Waals surface area contributed by atoms with Gasteiger partial charge in [-0.3, -0.25) is 0 Å². The van der Waals surface area contributed by atoms with Gasteiger partial charge in [-0.1, -0.05) is 155 Å². The van der Waals surface area contributed by atoms with Gasteiger partial charge in [-0.05, 0) is 83.9 Å². The highest BCUT2D eigenvalue weighted by Gasteiger charge is 2.24. The molecule has 0 fully saturated rings. The van der Waals surface area contributed by atoms with Gasteiger partial charge in [0.2, 0.25) is 0 Å². The van der Waals surface area contributed by atoms with E-state index in [9.17, 15) is 0 Å². The minimum absolute atomic E-state index is 0.0305. The second-order valence-corrected chi connectivity index (χ2v) is 13.4. The molecule has 51 heavy (non-hydrogen) atoms. The highest BCUT2D eigenvalue weighted by atomic mass is 16.5. The number of rotatable bonds is 15. The minimum Gasteiger partial charge on any atom is -0.485 e. The van der Waals surface area contributed by atoms with Gasteiger partial charge in [0, 0.05) is 12.0 Å². The van der Waals surface area contributed by atoms with Gasteiger partial charge in [-0.15, -0.1) is 0 Å². The lowest BCUT2D eigenvalue weighted by molar-refractivity contribution is 0.162. The fourth-order valence-electron chi connectivity index (χ4n) is 6.74. The lowest BCUT2D eigenvalue weighted by atomic mass is 9.91. The quantitative estimate of drug-likeness (QED) is 0.0627. The van der Waals surface area contributed by atoms with Crippen LogP contribution in [0.25, 0.3) is 34.0 Å². The Labute approximate surface area is 305 Å². The monoisotopic (exact) mass is 671 g/mol. The Morgan fingerprint density at radius 2 is 1.18 bits per heavy atom. The SMILES string of the molecule is CCCCCC(/C=C/C=C(\CCCCC)c1cc(-c2ccccc2)[o+]c(-c2ccccc2)c1)=C1/C=C(c2ccccc2)OC(c2ccccc2)C1. The van der Waals surface area contributed by atoms with Crippen LogP contribution in [0.2, 0.25) is 0 Å². The average molecular weight is 672 g/mol. The van der Waals surface area contributed by atoms with Gasteiger partial charge in [0.05, 0.1) is 23.3 Å². The first-order valence-electron chi connectivity index (χ1n) is 18.9. The van der Waals surface area contributed by atoms with Crippen molar-refractivity contribution in [2.45, 2.75) is 77.7 Å². The highest BCUT2D eigenvalue weighted by molar-refractivity contribution is 5.75. The number of hydrogen-bond acceptors (Lipinski definition) is 1. The molecule has 2 nitrogen and oxygen atoms in total. The summed E-state index contributed by atoms with van der Waals surface area (Å²) in [6, 6.07) is 46.6. The molecule has 0 amide bonds. The minimum atomic E-state index is -0.0305. The summed E-state index contributed by atoms with van der Waals surface area (Å²) in [5, 5.41) is 0. The van der Waals surface area contributed by atoms with Crippen LogP contribution >= 0.6 is 0 Å². The molecule has 1 atom stereocenters. The molecule has 1 aliphatic rings. The number of benzene rings is 4. The summed E-state index contributed by atoms with van der Waals surface area (Å²) in [6.45, 7) is 4.55. The van der Waals surface area contributed by atoms with E-state index in [1.807, 2.05) is 0 Å². The molecule has 0 N–H and O–H groups in total. The van der Waals surface area contributed by atoms with E-state index in [1.165, 1.54) is 60.0 Å². The molecule has 0 radical (unpaired) electrons. The zero-order valence-corrected chi connectivity index (χ0v) is 30.3. The Morgan fingerprint density at radius 3 is 1.75 bits per heavy atom. The van der Waals surface area contributed by atoms with E-state index in [4.69, 9.17) is 9.15 Å². The van der Waals surface area contributed by atoms with Gasteiger partial charge >= 0.3 is 11.5 Å². The van der Waals surface area contributed by atoms with Crippen LogP contribution in [-0.2, 0) is 4.74 Å². The van der Waals surface area contributed by atoms with Gasteiger partial charge < -0.3 is 4.74 Å². The van der Waals surface area contributed by atoms with Crippen molar-refractivity contribution in [2.75, 3.05) is 0 Å². The first kappa shape index (κ1) is 35.6. The lowest BCUT2D eigenvalue weighted by Crippen LogP contribution is -2.11. The van der Waals surface area contributed by atoms with Crippen molar-refractivity contribution in [2.24, 2.45) is 0 Å². The first-order chi connectivity index (χ1) is 25.2. The topological polar surface area (TPSA) is 20.5 Å². The maximum atomic E-state index is 6.70. The van der Waals surface area contributed by atoms with Gasteiger partial charge in [-0.25, -0.2) is 4.42 Å². The van der Waals surface area contributed by atoms with Gasteiger partial charge in [0.1, 0.15) is 11.9 Å². The van der Waals surface area contributed by atoms with Gasteiger partial charge in [0.15, 0.2) is 0 Å². The first-order valence-corrected chi connectivity index (χ1v) is 18.9. The van der Waals surface area contributed by atoms with E-state index in [2.05, 4.69) is 172 Å². The molecule has 0 spiro atoms. The molecule has 1 aliphatic heterocycles. The normalized spacial score (nSPS) is 15.8. The summed E-state index contributed by atoms with van der Waals surface area (Å²) in [7, 11) is 0. The van der Waals surface area contributed by atoms with Crippen molar-refractivity contribution in [3.8, 4) is 22.6 Å². The van der Waals surface area contributed by atoms with Crippen molar-refractivity contribution < 1.29 is 9.15 Å². The zero-order valence-electron chi connectivity index (χ0n) is 30.3. The second kappa shape index (κ2) is 18.7. The molecule has 6 rings (SSSR count). The summed E-state index contributed by atoms with van der Waals surface area (Å²) in [4.78, 5) is 0. The van der Waals surface area contributed by atoms with Gasteiger partial charge in [0.25, 0.3) is 0 Å². The van der Waals surface area contributed by atoms with Crippen molar-refractivity contribution in [3.63, 3.8) is 0 Å². The third kappa shape index (κ3) is 9.95. The summed E-state index contributed by atoms with van der Waals surface area (Å²) < 4.78 is 13.3. The maximum Gasteiger partial charge on any atom is 0.361 e. The number of hydrogen-bond donors (Lipinski definition) is 0. The summed E-state index contributed by atoms with van der Waals surface area (Å²) in [5.41, 5.74) is 9.78. The van der Waals surface area contributed by atoms with E-state index in [1.54, 1.807) is 0 Å². The molecule has 2 heteroatoms. The van der Waals surface area contributed by atoms with Crippen molar-refractivity contribution in [1.29, 1.82) is 0 Å². The fraction of sp³-hybridized carbons (Fsp3) is 0.245. The fourth-order valence-corrected chi connectivity index (χ4v) is 6.74. The molecule has 1 aromatic heterocycles. The predicted octanol–water partition coefficient (Wildman–Crippen LogP) is 14.5. The second-order valence-electron chi connectivity index (χ2n) is 13.4. The van der Waals surface area contributed by atoms with Crippen molar-refractivity contribution >= 4 is 11.3 Å². The smallest absolute Gasteiger partial charge is 0.361 e. The number of unbranched alkanes of at least 4 members (excludes halogenated alkanes) is 4. The predicted molar refractivity (Wildman–Crippen MR) is 216 cm³/mol. The molecule has 0 aliphatic carbocycles. The summed E-state index contributed by atoms with van der Waals surface area (Å²) >= 11 is 0. The Hall–Kier alpha value is -5.21. The molecular weight excluding hydrogens is 621 g/mol. The summed E-state index contributed by atoms with van der Waals surface area (Å²) in [5.74, 6) is 2.71. The van der Waals surface area contributed by atoms with Gasteiger partial charge in [-0.2, -0.15) is 0 Å². The molecule has 258 valence electrons. The lowest BCUT2D eigenvalue weighted by Gasteiger charge is -2.28. The Morgan fingerprint density at radius 1 is 0.647 bits per heavy atom. The average Bonchev–Trinajstić information content (AvgIpc) is 3.20. The number of allylic oxidation sites excluding steroid dienone is 6. The van der Waals surface area contributed by atoms with Crippen LogP contribution in [0, 0.1) is 0 Å². The Balaban J connectivity index is 1.42. The van der Waals surface area contributed by atoms with Crippen molar-refractivity contribution in [3.05, 3.63) is 186 Å². The summed E-state index contributed by atoms with van der Waals surface area (Å²) in [6.07, 6.45) is 19.3. The maximum absolute atomic E-state index is 6.70. The third-order valence-corrected chi connectivity index (χ3v) is 9.60. The largest absolute Gasteiger partial charge is 0.485 e. The zero-order chi connectivity index (χ0) is 35.1. The van der Waals surface area contributed by atoms with Crippen LogP contribution in [-0.4, -0.2) is 0 Å².